The molecule has 0 saturated carbocycles. The fourth-order valence-electron chi connectivity index (χ4n) is 0.409. The third-order valence-corrected chi connectivity index (χ3v) is 2.71. The number of hydrogen-bond donors (Lipinski definition) is 0. The Morgan fingerprint density at radius 2 is 2.57 bits per heavy atom. The van der Waals surface area contributed by atoms with Crippen LogP contribution in [0.15, 0.2) is 16.8 Å². The van der Waals surface area contributed by atoms with E-state index < -0.39 is 0 Å². The minimum absolute atomic E-state index is 1.30. The Morgan fingerprint density at radius 1 is 1.71 bits per heavy atom. The molecule has 0 N–H and O–H groups in total. The van der Waals surface area contributed by atoms with Crippen molar-refractivity contribution < 1.29 is 31.0 Å². The predicted octanol–water partition coefficient (Wildman–Crippen LogP) is 1.79. The molecule has 0 aliphatic heterocycles. The maximum absolute atomic E-state index is 2.21. The van der Waals surface area contributed by atoms with E-state index in [9.17, 15) is 0 Å². The minimum atomic E-state index is 1.30. The number of thiophene rings is 1. The Bertz CT molecular complexity index is 123. The summed E-state index contributed by atoms with van der Waals surface area (Å²) in [5.41, 5.74) is 1.51. The van der Waals surface area contributed by atoms with Crippen LogP contribution in [0.5, 0.6) is 0 Å². The second kappa shape index (κ2) is 2.96. The molecule has 0 saturated heterocycles. The summed E-state index contributed by atoms with van der Waals surface area (Å²) in [6.45, 7) is 0. The van der Waals surface area contributed by atoms with Gasteiger partial charge in [-0.3, -0.25) is 0 Å². The zero-order chi connectivity index (χ0) is 5.11. The maximum atomic E-state index is 2.21. The average Bonchev–Trinajstić information content (AvgIpc) is 2.14. The second-order valence-corrected chi connectivity index (χ2v) is 3.12. The van der Waals surface area contributed by atoms with Gasteiger partial charge in [-0.15, -0.1) is 0 Å². The van der Waals surface area contributed by atoms with Crippen LogP contribution in [-0.2, 0) is 34.2 Å². The molecule has 0 fully saturated rings. The van der Waals surface area contributed by atoms with Crippen molar-refractivity contribution in [3.05, 3.63) is 22.4 Å². The van der Waals surface area contributed by atoms with Crippen molar-refractivity contribution in [3.8, 4) is 0 Å². The molecular formula is C5H5SY. The van der Waals surface area contributed by atoms with Gasteiger partial charge in [0.15, 0.2) is 0 Å². The van der Waals surface area contributed by atoms with Gasteiger partial charge in [0.05, 0.1) is 0 Å². The molecule has 1 heterocycles. The Labute approximate surface area is 67.4 Å². The molecule has 0 aliphatic rings. The van der Waals surface area contributed by atoms with E-state index in [1.54, 1.807) is 11.3 Å². The standard InChI is InChI=1S/C5H5S.Y/c1-5-2-3-6-4-5;/h2-4H,1H2;. The first-order valence-corrected chi connectivity index (χ1v) is 5.09. The van der Waals surface area contributed by atoms with Gasteiger partial charge < -0.3 is 0 Å². The number of rotatable bonds is 1. The van der Waals surface area contributed by atoms with Crippen molar-refractivity contribution in [2.45, 2.75) is 3.23 Å². The molecule has 0 amide bonds. The molecule has 0 aliphatic carbocycles. The quantitative estimate of drug-likeness (QED) is 0.627. The van der Waals surface area contributed by atoms with Gasteiger partial charge in [-0.25, -0.2) is 0 Å². The molecule has 0 unspecified atom stereocenters. The molecule has 0 nitrogen and oxygen atoms in total. The summed E-state index contributed by atoms with van der Waals surface area (Å²) in [6, 6.07) is 2.19. The molecule has 7 heavy (non-hydrogen) atoms. The van der Waals surface area contributed by atoms with Crippen LogP contribution in [0.1, 0.15) is 5.56 Å². The fraction of sp³-hybridized carbons (Fsp3) is 0.200. The molecule has 0 radical (unpaired) electrons. The summed E-state index contributed by atoms with van der Waals surface area (Å²) < 4.78 is 1.30. The Balaban J connectivity index is 2.76. The van der Waals surface area contributed by atoms with E-state index in [1.807, 2.05) is 0 Å². The number of hydrogen-bond acceptors (Lipinski definition) is 1. The van der Waals surface area contributed by atoms with Gasteiger partial charge >= 0.3 is 67.9 Å². The van der Waals surface area contributed by atoms with Crippen LogP contribution >= 0.6 is 11.3 Å². The van der Waals surface area contributed by atoms with Gasteiger partial charge in [-0.05, 0) is 0 Å². The van der Waals surface area contributed by atoms with E-state index in [2.05, 4.69) is 16.8 Å². The van der Waals surface area contributed by atoms with Crippen LogP contribution in [0.3, 0.4) is 0 Å². The SMILES string of the molecule is [Y][CH2]c1ccsc1. The summed E-state index contributed by atoms with van der Waals surface area (Å²) in [4.78, 5) is 0. The van der Waals surface area contributed by atoms with E-state index >= 15 is 0 Å². The first-order valence-electron chi connectivity index (χ1n) is 2.14. The first-order chi connectivity index (χ1) is 3.43. The van der Waals surface area contributed by atoms with Gasteiger partial charge in [0.1, 0.15) is 0 Å². The average molecular weight is 186 g/mol. The molecule has 0 atom stereocenters. The first kappa shape index (κ1) is 5.93. The van der Waals surface area contributed by atoms with Crippen LogP contribution in [0, 0.1) is 0 Å². The molecule has 0 aromatic carbocycles. The summed E-state index contributed by atoms with van der Waals surface area (Å²) in [5.74, 6) is 0. The molecule has 34 valence electrons. The van der Waals surface area contributed by atoms with Gasteiger partial charge in [0.25, 0.3) is 0 Å². The summed E-state index contributed by atoms with van der Waals surface area (Å²) >= 11 is 3.14. The van der Waals surface area contributed by atoms with Gasteiger partial charge in [0.2, 0.25) is 0 Å². The van der Waals surface area contributed by atoms with Gasteiger partial charge in [-0.1, -0.05) is 0 Å². The van der Waals surface area contributed by atoms with Crippen molar-refractivity contribution in [2.75, 3.05) is 0 Å². The van der Waals surface area contributed by atoms with Crippen molar-refractivity contribution in [1.82, 2.24) is 0 Å². The molecule has 0 bridgehead atoms. The fourth-order valence-corrected chi connectivity index (χ4v) is 2.13. The molecule has 1 rings (SSSR count). The Hall–Kier alpha value is 0.804. The van der Waals surface area contributed by atoms with Crippen molar-refractivity contribution in [2.24, 2.45) is 0 Å². The summed E-state index contributed by atoms with van der Waals surface area (Å²) in [7, 11) is 0. The normalized spacial score (nSPS) is 9.00. The van der Waals surface area contributed by atoms with E-state index in [0.29, 0.717) is 0 Å². The van der Waals surface area contributed by atoms with E-state index in [1.165, 1.54) is 39.7 Å². The Morgan fingerprint density at radius 3 is 2.86 bits per heavy atom. The molecule has 1 aromatic rings. The zero-order valence-corrected chi connectivity index (χ0v) is 7.58. The molecule has 1 aromatic heterocycles. The van der Waals surface area contributed by atoms with Crippen molar-refractivity contribution in [1.29, 1.82) is 0 Å². The molecular weight excluding hydrogens is 181 g/mol. The predicted molar refractivity (Wildman–Crippen MR) is 28.0 cm³/mol. The van der Waals surface area contributed by atoms with Gasteiger partial charge in [0, 0.05) is 0 Å². The molecule has 0 spiro atoms. The van der Waals surface area contributed by atoms with Crippen LogP contribution in [0.4, 0.5) is 0 Å². The monoisotopic (exact) mass is 186 g/mol. The van der Waals surface area contributed by atoms with Crippen LogP contribution in [-0.4, -0.2) is 0 Å². The topological polar surface area (TPSA) is 0 Å². The summed E-state index contributed by atoms with van der Waals surface area (Å²) in [5, 5.41) is 4.34. The van der Waals surface area contributed by atoms with Crippen LogP contribution in [0.25, 0.3) is 0 Å². The van der Waals surface area contributed by atoms with E-state index in [-0.39, 0.29) is 0 Å². The Kier molecular flexibility index (Phi) is 2.51. The van der Waals surface area contributed by atoms with Crippen molar-refractivity contribution in [3.63, 3.8) is 0 Å². The van der Waals surface area contributed by atoms with Crippen LogP contribution < -0.4 is 0 Å². The molecule has 2 heteroatoms. The third kappa shape index (κ3) is 1.63. The van der Waals surface area contributed by atoms with Crippen molar-refractivity contribution >= 4 is 11.3 Å². The zero-order valence-electron chi connectivity index (χ0n) is 3.92. The van der Waals surface area contributed by atoms with Gasteiger partial charge in [-0.2, -0.15) is 0 Å². The van der Waals surface area contributed by atoms with E-state index in [0.717, 1.165) is 0 Å². The van der Waals surface area contributed by atoms with E-state index in [4.69, 9.17) is 0 Å². The summed E-state index contributed by atoms with van der Waals surface area (Å²) in [6.07, 6.45) is 0. The van der Waals surface area contributed by atoms with Crippen LogP contribution in [0.2, 0.25) is 0 Å². The second-order valence-electron chi connectivity index (χ2n) is 1.34. The third-order valence-electron chi connectivity index (χ3n) is 0.816.